The average molecular weight is 427 g/mol. The van der Waals surface area contributed by atoms with Gasteiger partial charge in [0, 0.05) is 30.2 Å². The number of hydrazone groups is 1. The maximum Gasteiger partial charge on any atom is 0.243 e. The third-order valence-electron chi connectivity index (χ3n) is 4.65. The molecule has 2 aromatic carbocycles. The van der Waals surface area contributed by atoms with Crippen LogP contribution < -0.4 is 19.5 Å². The molecule has 164 valence electrons. The first-order chi connectivity index (χ1) is 14.9. The third-order valence-corrected chi connectivity index (χ3v) is 4.65. The fourth-order valence-corrected chi connectivity index (χ4v) is 3.12. The lowest BCUT2D eigenvalue weighted by atomic mass is 10.1. The molecule has 3 rings (SSSR count). The van der Waals surface area contributed by atoms with Crippen molar-refractivity contribution in [2.45, 2.75) is 26.5 Å². The smallest absolute Gasteiger partial charge is 0.243 e. The molecule has 0 saturated heterocycles. The second kappa shape index (κ2) is 9.38. The van der Waals surface area contributed by atoms with Crippen molar-refractivity contribution in [3.8, 4) is 17.2 Å². The predicted octanol–water partition coefficient (Wildman–Crippen LogP) is 3.30. The quantitative estimate of drug-likeness (QED) is 0.728. The van der Waals surface area contributed by atoms with Crippen molar-refractivity contribution in [1.82, 2.24) is 5.01 Å². The standard InChI is InChI=1S/C22H25N3O6/c1-6-19(27)23-16-9-7-8-14(10-16)21-24-25(13(2)26)22(31-21)15-11-17(28-3)20(30-5)18(12-15)29-4/h7-12,22H,6H2,1-5H3,(H,23,27)/t22-/m1/s1. The van der Waals surface area contributed by atoms with Crippen molar-refractivity contribution in [1.29, 1.82) is 0 Å². The summed E-state index contributed by atoms with van der Waals surface area (Å²) in [6.45, 7) is 3.18. The predicted molar refractivity (Wildman–Crippen MR) is 114 cm³/mol. The Morgan fingerprint density at radius 2 is 1.77 bits per heavy atom. The summed E-state index contributed by atoms with van der Waals surface area (Å²) in [6, 6.07) is 10.5. The van der Waals surface area contributed by atoms with Crippen LogP contribution in [-0.2, 0) is 14.3 Å². The van der Waals surface area contributed by atoms with Gasteiger partial charge in [-0.1, -0.05) is 13.0 Å². The number of rotatable bonds is 7. The molecule has 0 unspecified atom stereocenters. The highest BCUT2D eigenvalue weighted by molar-refractivity contribution is 5.98. The Labute approximate surface area is 180 Å². The molecule has 0 aromatic heterocycles. The maximum atomic E-state index is 12.3. The van der Waals surface area contributed by atoms with Crippen molar-refractivity contribution >= 4 is 23.4 Å². The highest BCUT2D eigenvalue weighted by atomic mass is 16.5. The van der Waals surface area contributed by atoms with Crippen LogP contribution in [0.5, 0.6) is 17.2 Å². The first-order valence-corrected chi connectivity index (χ1v) is 9.67. The molecule has 0 radical (unpaired) electrons. The molecule has 2 amide bonds. The first-order valence-electron chi connectivity index (χ1n) is 9.67. The molecule has 1 aliphatic heterocycles. The molecule has 9 nitrogen and oxygen atoms in total. The second-order valence-corrected chi connectivity index (χ2v) is 6.68. The van der Waals surface area contributed by atoms with Gasteiger partial charge in [-0.2, -0.15) is 5.01 Å². The summed E-state index contributed by atoms with van der Waals surface area (Å²) in [5, 5.41) is 8.40. The molecule has 0 bridgehead atoms. The lowest BCUT2D eigenvalue weighted by molar-refractivity contribution is -0.135. The number of ether oxygens (including phenoxy) is 4. The number of carbonyl (C=O) groups is 2. The number of hydrogen-bond donors (Lipinski definition) is 1. The van der Waals surface area contributed by atoms with Crippen LogP contribution >= 0.6 is 0 Å². The SMILES string of the molecule is CCC(=O)Nc1cccc(C2=NN(C(C)=O)[C@@H](c3cc(OC)c(OC)c(OC)c3)O2)c1. The molecule has 0 spiro atoms. The minimum Gasteiger partial charge on any atom is -0.493 e. The summed E-state index contributed by atoms with van der Waals surface area (Å²) in [7, 11) is 4.54. The molecule has 1 atom stereocenters. The molecule has 1 heterocycles. The van der Waals surface area contributed by atoms with Gasteiger partial charge >= 0.3 is 0 Å². The second-order valence-electron chi connectivity index (χ2n) is 6.68. The van der Waals surface area contributed by atoms with Crippen LogP contribution in [0.2, 0.25) is 0 Å². The van der Waals surface area contributed by atoms with E-state index in [9.17, 15) is 9.59 Å². The van der Waals surface area contributed by atoms with Crippen LogP contribution in [0, 0.1) is 0 Å². The molecule has 1 aliphatic rings. The Morgan fingerprint density at radius 1 is 1.10 bits per heavy atom. The van der Waals surface area contributed by atoms with Crippen LogP contribution in [0.3, 0.4) is 0 Å². The van der Waals surface area contributed by atoms with Crippen molar-refractivity contribution in [2.24, 2.45) is 5.10 Å². The summed E-state index contributed by atoms with van der Waals surface area (Å²) in [5.41, 5.74) is 1.83. The fourth-order valence-electron chi connectivity index (χ4n) is 3.12. The molecular formula is C22H25N3O6. The number of nitrogens with one attached hydrogen (secondary N) is 1. The van der Waals surface area contributed by atoms with Crippen molar-refractivity contribution in [3.63, 3.8) is 0 Å². The largest absolute Gasteiger partial charge is 0.493 e. The van der Waals surface area contributed by atoms with Crippen LogP contribution in [0.25, 0.3) is 0 Å². The zero-order valence-corrected chi connectivity index (χ0v) is 18.1. The monoisotopic (exact) mass is 427 g/mol. The molecular weight excluding hydrogens is 402 g/mol. The molecule has 9 heteroatoms. The van der Waals surface area contributed by atoms with Crippen molar-refractivity contribution in [2.75, 3.05) is 26.6 Å². The van der Waals surface area contributed by atoms with E-state index in [2.05, 4.69) is 10.4 Å². The zero-order chi connectivity index (χ0) is 22.5. The van der Waals surface area contributed by atoms with Gasteiger partial charge in [0.25, 0.3) is 0 Å². The van der Waals surface area contributed by atoms with Gasteiger partial charge in [0.15, 0.2) is 11.5 Å². The highest BCUT2D eigenvalue weighted by Gasteiger charge is 2.34. The van der Waals surface area contributed by atoms with Gasteiger partial charge in [0.05, 0.1) is 21.3 Å². The maximum absolute atomic E-state index is 12.3. The Kier molecular flexibility index (Phi) is 6.64. The van der Waals surface area contributed by atoms with E-state index in [-0.39, 0.29) is 17.7 Å². The van der Waals surface area contributed by atoms with Gasteiger partial charge in [-0.15, -0.1) is 5.10 Å². The number of methoxy groups -OCH3 is 3. The summed E-state index contributed by atoms with van der Waals surface area (Å²) in [4.78, 5) is 24.0. The van der Waals surface area contributed by atoms with E-state index in [1.807, 2.05) is 0 Å². The van der Waals surface area contributed by atoms with E-state index in [1.165, 1.54) is 33.3 Å². The average Bonchev–Trinajstić information content (AvgIpc) is 3.24. The number of hydrogen-bond acceptors (Lipinski definition) is 7. The third kappa shape index (κ3) is 4.55. The summed E-state index contributed by atoms with van der Waals surface area (Å²) in [5.74, 6) is 1.14. The number of carbonyl (C=O) groups excluding carboxylic acids is 2. The highest BCUT2D eigenvalue weighted by Crippen LogP contribution is 2.42. The fraction of sp³-hybridized carbons (Fsp3) is 0.318. The number of nitrogens with zero attached hydrogens (tertiary/aromatic N) is 2. The molecule has 1 N–H and O–H groups in total. The van der Waals surface area contributed by atoms with Gasteiger partial charge in [0.1, 0.15) is 0 Å². The van der Waals surface area contributed by atoms with Crippen molar-refractivity contribution in [3.05, 3.63) is 47.5 Å². The minimum absolute atomic E-state index is 0.105. The first kappa shape index (κ1) is 21.9. The number of amides is 2. The number of benzene rings is 2. The molecule has 2 aromatic rings. The van der Waals surface area contributed by atoms with Gasteiger partial charge in [-0.05, 0) is 30.3 Å². The van der Waals surface area contributed by atoms with E-state index >= 15 is 0 Å². The van der Waals surface area contributed by atoms with Crippen LogP contribution in [0.15, 0.2) is 41.5 Å². The van der Waals surface area contributed by atoms with Crippen molar-refractivity contribution < 1.29 is 28.5 Å². The minimum atomic E-state index is -0.824. The van der Waals surface area contributed by atoms with Gasteiger partial charge in [-0.3, -0.25) is 9.59 Å². The van der Waals surface area contributed by atoms with E-state index in [1.54, 1.807) is 43.3 Å². The Bertz CT molecular complexity index is 995. The van der Waals surface area contributed by atoms with Gasteiger partial charge < -0.3 is 24.3 Å². The van der Waals surface area contributed by atoms with Crippen LogP contribution in [-0.4, -0.2) is 44.1 Å². The Hall–Kier alpha value is -3.75. The van der Waals surface area contributed by atoms with Gasteiger partial charge in [0.2, 0.25) is 29.7 Å². The number of anilines is 1. The van der Waals surface area contributed by atoms with Gasteiger partial charge in [-0.25, -0.2) is 0 Å². The van der Waals surface area contributed by atoms with E-state index in [4.69, 9.17) is 18.9 Å². The summed E-state index contributed by atoms with van der Waals surface area (Å²) < 4.78 is 22.2. The van der Waals surface area contributed by atoms with E-state index in [0.29, 0.717) is 40.5 Å². The Morgan fingerprint density at radius 3 is 2.32 bits per heavy atom. The molecule has 0 aliphatic carbocycles. The summed E-state index contributed by atoms with van der Waals surface area (Å²) in [6.07, 6.45) is -0.460. The molecule has 31 heavy (non-hydrogen) atoms. The zero-order valence-electron chi connectivity index (χ0n) is 18.1. The lowest BCUT2D eigenvalue weighted by Gasteiger charge is -2.21. The normalized spacial score (nSPS) is 15.1. The summed E-state index contributed by atoms with van der Waals surface area (Å²) >= 11 is 0. The molecule has 0 saturated carbocycles. The van der Waals surface area contributed by atoms with Crippen LogP contribution in [0.1, 0.15) is 37.6 Å². The van der Waals surface area contributed by atoms with Crippen LogP contribution in [0.4, 0.5) is 5.69 Å². The Balaban J connectivity index is 1.97. The topological polar surface area (TPSA) is 98.7 Å². The van der Waals surface area contributed by atoms with E-state index in [0.717, 1.165) is 0 Å². The molecule has 0 fully saturated rings. The van der Waals surface area contributed by atoms with E-state index < -0.39 is 6.23 Å². The lowest BCUT2D eigenvalue weighted by Crippen LogP contribution is -2.25.